The Balaban J connectivity index is 2.08. The zero-order valence-corrected chi connectivity index (χ0v) is 16.2. The Morgan fingerprint density at radius 3 is 2.57 bits per heavy atom. The minimum atomic E-state index is -3.95. The number of benzene rings is 1. The van der Waals surface area contributed by atoms with Crippen LogP contribution in [0.5, 0.6) is 0 Å². The number of carbonyl (C=O) groups is 1. The van der Waals surface area contributed by atoms with Gasteiger partial charge in [0.1, 0.15) is 6.54 Å². The van der Waals surface area contributed by atoms with Crippen LogP contribution >= 0.6 is 0 Å². The second kappa shape index (κ2) is 9.28. The Bertz CT molecular complexity index is 934. The van der Waals surface area contributed by atoms with Gasteiger partial charge >= 0.3 is 5.97 Å². The van der Waals surface area contributed by atoms with Gasteiger partial charge in [0.25, 0.3) is 0 Å². The molecule has 28 heavy (non-hydrogen) atoms. The molecule has 11 nitrogen and oxygen atoms in total. The second-order valence-electron chi connectivity index (χ2n) is 6.07. The molecule has 0 saturated heterocycles. The van der Waals surface area contributed by atoms with Gasteiger partial charge in [0, 0.05) is 25.7 Å². The van der Waals surface area contributed by atoms with E-state index in [1.165, 1.54) is 16.8 Å². The molecule has 0 aliphatic carbocycles. The number of nitrogens with zero attached hydrogens (tertiary/aromatic N) is 5. The molecule has 0 radical (unpaired) electrons. The Labute approximate surface area is 162 Å². The summed E-state index contributed by atoms with van der Waals surface area (Å²) in [5, 5.41) is 17.0. The number of sulfonamides is 1. The summed E-state index contributed by atoms with van der Waals surface area (Å²) in [7, 11) is -3.95. The van der Waals surface area contributed by atoms with Crippen LogP contribution in [0.15, 0.2) is 40.4 Å². The molecule has 2 aromatic rings. The van der Waals surface area contributed by atoms with Gasteiger partial charge in [-0.15, -0.1) is 5.10 Å². The Morgan fingerprint density at radius 1 is 1.29 bits per heavy atom. The van der Waals surface area contributed by atoms with Crippen LogP contribution in [0.3, 0.4) is 0 Å². The van der Waals surface area contributed by atoms with Crippen molar-refractivity contribution in [2.75, 3.05) is 19.6 Å². The van der Waals surface area contributed by atoms with Gasteiger partial charge in [0.05, 0.1) is 17.1 Å². The van der Waals surface area contributed by atoms with Gasteiger partial charge in [-0.25, -0.2) is 8.42 Å². The molecule has 0 unspecified atom stereocenters. The number of aryl methyl sites for hydroxylation is 1. The van der Waals surface area contributed by atoms with E-state index < -0.39 is 22.5 Å². The summed E-state index contributed by atoms with van der Waals surface area (Å²) in [6.07, 6.45) is 2.11. The van der Waals surface area contributed by atoms with Gasteiger partial charge in [-0.3, -0.25) is 14.5 Å². The van der Waals surface area contributed by atoms with Gasteiger partial charge in [0.2, 0.25) is 10.0 Å². The van der Waals surface area contributed by atoms with E-state index in [0.29, 0.717) is 18.7 Å². The molecule has 0 fully saturated rings. The highest BCUT2D eigenvalue weighted by molar-refractivity contribution is 7.89. The highest BCUT2D eigenvalue weighted by Crippen LogP contribution is 2.16. The first-order valence-corrected chi connectivity index (χ1v) is 9.85. The number of aliphatic imine (C=N–C) groups is 1. The topological polar surface area (TPSA) is 170 Å². The maximum absolute atomic E-state index is 12.8. The third kappa shape index (κ3) is 6.03. The number of hydrogen-bond donors (Lipinski definition) is 3. The fraction of sp³-hybridized carbons (Fsp3) is 0.375. The van der Waals surface area contributed by atoms with Crippen molar-refractivity contribution in [1.29, 1.82) is 0 Å². The van der Waals surface area contributed by atoms with Crippen LogP contribution < -0.4 is 11.5 Å². The fourth-order valence-electron chi connectivity index (χ4n) is 2.37. The number of nitrogens with two attached hydrogens (primary N) is 2. The molecule has 152 valence electrons. The molecule has 0 aliphatic rings. The zero-order valence-electron chi connectivity index (χ0n) is 15.4. The van der Waals surface area contributed by atoms with Crippen molar-refractivity contribution in [3.8, 4) is 0 Å². The minimum Gasteiger partial charge on any atom is -0.480 e. The van der Waals surface area contributed by atoms with Crippen molar-refractivity contribution >= 4 is 22.0 Å². The van der Waals surface area contributed by atoms with E-state index in [4.69, 9.17) is 16.6 Å². The van der Waals surface area contributed by atoms with Crippen molar-refractivity contribution in [2.45, 2.75) is 24.8 Å². The quantitative estimate of drug-likeness (QED) is 0.337. The molecule has 5 N–H and O–H groups in total. The highest BCUT2D eigenvalue weighted by Gasteiger charge is 2.26. The van der Waals surface area contributed by atoms with E-state index in [1.54, 1.807) is 18.3 Å². The molecular weight excluding hydrogens is 386 g/mol. The van der Waals surface area contributed by atoms with Crippen LogP contribution in [0.1, 0.15) is 11.3 Å². The number of aromatic nitrogens is 3. The molecular formula is C16H23N7O4S. The molecule has 0 bridgehead atoms. The molecule has 0 atom stereocenters. The number of hydrogen-bond acceptors (Lipinski definition) is 6. The zero-order chi connectivity index (χ0) is 20.7. The van der Waals surface area contributed by atoms with E-state index in [2.05, 4.69) is 15.3 Å². The van der Waals surface area contributed by atoms with Crippen LogP contribution in [0, 0.1) is 6.92 Å². The first-order chi connectivity index (χ1) is 13.2. The lowest BCUT2D eigenvalue weighted by atomic mass is 10.2. The summed E-state index contributed by atoms with van der Waals surface area (Å²) in [6, 6.07) is 6.23. The number of guanidine groups is 1. The van der Waals surface area contributed by atoms with Gasteiger partial charge in [-0.2, -0.15) is 4.31 Å². The Kier molecular flexibility index (Phi) is 7.06. The van der Waals surface area contributed by atoms with Crippen LogP contribution in [-0.4, -0.2) is 64.4 Å². The van der Waals surface area contributed by atoms with E-state index in [0.717, 1.165) is 9.87 Å². The molecule has 2 rings (SSSR count). The Morgan fingerprint density at radius 2 is 1.96 bits per heavy atom. The average Bonchev–Trinajstić information content (AvgIpc) is 3.06. The lowest BCUT2D eigenvalue weighted by Crippen LogP contribution is -2.38. The average molecular weight is 409 g/mol. The molecule has 12 heteroatoms. The highest BCUT2D eigenvalue weighted by atomic mass is 32.2. The standard InChI is InChI=1S/C16H23N7O4S/c1-12-2-4-14(5-3-12)28(26,27)23(11-15(24)25)9-8-22-10-13(20-21-22)6-7-19-16(17)18/h2-5,10H,6-9,11H2,1H3,(H,24,25)(H4,17,18,19). The van der Waals surface area contributed by atoms with Crippen LogP contribution in [0.25, 0.3) is 0 Å². The van der Waals surface area contributed by atoms with Crippen LogP contribution in [0.4, 0.5) is 0 Å². The monoisotopic (exact) mass is 409 g/mol. The number of carboxylic acid groups (broad SMARTS) is 1. The normalized spacial score (nSPS) is 11.5. The lowest BCUT2D eigenvalue weighted by Gasteiger charge is -2.20. The molecule has 0 amide bonds. The second-order valence-corrected chi connectivity index (χ2v) is 8.01. The summed E-state index contributed by atoms with van der Waals surface area (Å²) in [6.45, 7) is 1.62. The van der Waals surface area contributed by atoms with Crippen molar-refractivity contribution in [1.82, 2.24) is 19.3 Å². The Hall–Kier alpha value is -2.99. The van der Waals surface area contributed by atoms with Crippen molar-refractivity contribution in [3.05, 3.63) is 41.7 Å². The lowest BCUT2D eigenvalue weighted by molar-refractivity contribution is -0.137. The molecule has 0 saturated carbocycles. The smallest absolute Gasteiger partial charge is 0.318 e. The van der Waals surface area contributed by atoms with Gasteiger partial charge < -0.3 is 16.6 Å². The van der Waals surface area contributed by atoms with Crippen molar-refractivity contribution < 1.29 is 18.3 Å². The SMILES string of the molecule is Cc1ccc(S(=O)(=O)N(CCn2cc(CCN=C(N)N)nn2)CC(=O)O)cc1. The summed E-state index contributed by atoms with van der Waals surface area (Å²) in [5.41, 5.74) is 12.0. The first kappa shape index (κ1) is 21.3. The molecule has 0 aliphatic heterocycles. The third-order valence-corrected chi connectivity index (χ3v) is 5.66. The van der Waals surface area contributed by atoms with Gasteiger partial charge in [0.15, 0.2) is 5.96 Å². The summed E-state index contributed by atoms with van der Waals surface area (Å²) < 4.78 is 27.9. The first-order valence-electron chi connectivity index (χ1n) is 8.41. The van der Waals surface area contributed by atoms with Gasteiger partial charge in [-0.05, 0) is 19.1 Å². The van der Waals surface area contributed by atoms with Gasteiger partial charge in [-0.1, -0.05) is 22.9 Å². The molecule has 1 aromatic heterocycles. The van der Waals surface area contributed by atoms with E-state index in [9.17, 15) is 13.2 Å². The van der Waals surface area contributed by atoms with E-state index in [-0.39, 0.29) is 23.9 Å². The predicted molar refractivity (Wildman–Crippen MR) is 102 cm³/mol. The largest absolute Gasteiger partial charge is 0.480 e. The summed E-state index contributed by atoms with van der Waals surface area (Å²) >= 11 is 0. The number of aliphatic carboxylic acids is 1. The fourth-order valence-corrected chi connectivity index (χ4v) is 3.75. The minimum absolute atomic E-state index is 0.0157. The summed E-state index contributed by atoms with van der Waals surface area (Å²) in [4.78, 5) is 15.0. The van der Waals surface area contributed by atoms with E-state index in [1.807, 2.05) is 6.92 Å². The predicted octanol–water partition coefficient (Wildman–Crippen LogP) is -0.822. The van der Waals surface area contributed by atoms with Crippen LogP contribution in [0.2, 0.25) is 0 Å². The molecule has 1 heterocycles. The van der Waals surface area contributed by atoms with Crippen LogP contribution in [-0.2, 0) is 27.8 Å². The number of rotatable bonds is 10. The molecule has 0 spiro atoms. The molecule has 1 aromatic carbocycles. The van der Waals surface area contributed by atoms with Crippen molar-refractivity contribution in [3.63, 3.8) is 0 Å². The third-order valence-electron chi connectivity index (χ3n) is 3.80. The summed E-state index contributed by atoms with van der Waals surface area (Å²) in [5.74, 6) is -1.26. The van der Waals surface area contributed by atoms with E-state index >= 15 is 0 Å². The maximum atomic E-state index is 12.8. The van der Waals surface area contributed by atoms with Crippen molar-refractivity contribution in [2.24, 2.45) is 16.5 Å². The maximum Gasteiger partial charge on any atom is 0.318 e. The number of carboxylic acids is 1.